The van der Waals surface area contributed by atoms with Gasteiger partial charge in [-0.05, 0) is 38.7 Å². The SMILES string of the molecule is Cc1noc(C)c1CCCNC(=O)NC(CO)Cc1ccccc1. The number of aryl methyl sites for hydroxylation is 2. The zero-order valence-corrected chi connectivity index (χ0v) is 14.2. The topological polar surface area (TPSA) is 87.4 Å². The minimum Gasteiger partial charge on any atom is -0.394 e. The molecule has 6 nitrogen and oxygen atoms in total. The molecule has 0 aliphatic heterocycles. The van der Waals surface area contributed by atoms with E-state index in [4.69, 9.17) is 4.52 Å². The lowest BCUT2D eigenvalue weighted by atomic mass is 10.1. The van der Waals surface area contributed by atoms with Crippen LogP contribution >= 0.6 is 0 Å². The summed E-state index contributed by atoms with van der Waals surface area (Å²) in [4.78, 5) is 11.9. The van der Waals surface area contributed by atoms with Crippen molar-refractivity contribution in [2.75, 3.05) is 13.2 Å². The van der Waals surface area contributed by atoms with E-state index in [-0.39, 0.29) is 18.7 Å². The van der Waals surface area contributed by atoms with Crippen molar-refractivity contribution < 1.29 is 14.4 Å². The van der Waals surface area contributed by atoms with Crippen LogP contribution in [0, 0.1) is 13.8 Å². The molecule has 2 amide bonds. The molecule has 0 aliphatic rings. The summed E-state index contributed by atoms with van der Waals surface area (Å²) in [6, 6.07) is 9.23. The van der Waals surface area contributed by atoms with E-state index in [1.54, 1.807) is 0 Å². The van der Waals surface area contributed by atoms with E-state index in [1.165, 1.54) is 0 Å². The second-order valence-electron chi connectivity index (χ2n) is 5.88. The summed E-state index contributed by atoms with van der Waals surface area (Å²) < 4.78 is 5.12. The maximum atomic E-state index is 11.9. The Morgan fingerprint density at radius 1 is 1.29 bits per heavy atom. The highest BCUT2D eigenvalue weighted by Crippen LogP contribution is 2.13. The van der Waals surface area contributed by atoms with Gasteiger partial charge in [0.25, 0.3) is 0 Å². The average molecular weight is 331 g/mol. The first kappa shape index (κ1) is 18.0. The smallest absolute Gasteiger partial charge is 0.315 e. The summed E-state index contributed by atoms with van der Waals surface area (Å²) in [6.45, 7) is 4.27. The first-order valence-corrected chi connectivity index (χ1v) is 8.21. The van der Waals surface area contributed by atoms with Crippen molar-refractivity contribution in [2.45, 2.75) is 39.2 Å². The van der Waals surface area contributed by atoms with Gasteiger partial charge in [0.1, 0.15) is 5.76 Å². The van der Waals surface area contributed by atoms with Crippen LogP contribution in [-0.2, 0) is 12.8 Å². The highest BCUT2D eigenvalue weighted by atomic mass is 16.5. The van der Waals surface area contributed by atoms with Crippen molar-refractivity contribution in [1.29, 1.82) is 0 Å². The summed E-state index contributed by atoms with van der Waals surface area (Å²) in [6.07, 6.45) is 2.22. The molecule has 6 heteroatoms. The van der Waals surface area contributed by atoms with Gasteiger partial charge in [-0.3, -0.25) is 0 Å². The predicted octanol–water partition coefficient (Wildman–Crippen LogP) is 2.13. The van der Waals surface area contributed by atoms with Crippen molar-refractivity contribution >= 4 is 6.03 Å². The third kappa shape index (κ3) is 5.38. The van der Waals surface area contributed by atoms with Gasteiger partial charge >= 0.3 is 6.03 Å². The summed E-state index contributed by atoms with van der Waals surface area (Å²) in [5, 5.41) is 19.0. The molecule has 130 valence electrons. The number of hydrogen-bond donors (Lipinski definition) is 3. The second kappa shape index (κ2) is 9.08. The van der Waals surface area contributed by atoms with Gasteiger partial charge in [-0.1, -0.05) is 35.5 Å². The quantitative estimate of drug-likeness (QED) is 0.647. The highest BCUT2D eigenvalue weighted by Gasteiger charge is 2.12. The molecule has 1 aromatic carbocycles. The first-order valence-electron chi connectivity index (χ1n) is 8.21. The van der Waals surface area contributed by atoms with Crippen molar-refractivity contribution in [3.05, 3.63) is 52.9 Å². The maximum absolute atomic E-state index is 11.9. The van der Waals surface area contributed by atoms with E-state index < -0.39 is 0 Å². The normalized spacial score (nSPS) is 12.0. The molecule has 0 bridgehead atoms. The molecule has 0 aliphatic carbocycles. The Balaban J connectivity index is 1.70. The fourth-order valence-electron chi connectivity index (χ4n) is 2.62. The number of aromatic nitrogens is 1. The molecule has 3 N–H and O–H groups in total. The van der Waals surface area contributed by atoms with Crippen LogP contribution in [0.2, 0.25) is 0 Å². The zero-order valence-electron chi connectivity index (χ0n) is 14.2. The Morgan fingerprint density at radius 2 is 2.04 bits per heavy atom. The highest BCUT2D eigenvalue weighted by molar-refractivity contribution is 5.74. The van der Waals surface area contributed by atoms with Gasteiger partial charge in [-0.15, -0.1) is 0 Å². The Kier molecular flexibility index (Phi) is 6.81. The van der Waals surface area contributed by atoms with Crippen molar-refractivity contribution in [3.8, 4) is 0 Å². The van der Waals surface area contributed by atoms with Crippen LogP contribution in [0.15, 0.2) is 34.9 Å². The van der Waals surface area contributed by atoms with Gasteiger partial charge in [-0.2, -0.15) is 0 Å². The number of carbonyl (C=O) groups excluding carboxylic acids is 1. The molecular weight excluding hydrogens is 306 g/mol. The number of amides is 2. The van der Waals surface area contributed by atoms with E-state index in [2.05, 4.69) is 15.8 Å². The number of rotatable bonds is 8. The van der Waals surface area contributed by atoms with Crippen molar-refractivity contribution in [3.63, 3.8) is 0 Å². The molecule has 0 fully saturated rings. The number of aliphatic hydroxyl groups is 1. The van der Waals surface area contributed by atoms with E-state index >= 15 is 0 Å². The summed E-state index contributed by atoms with van der Waals surface area (Å²) >= 11 is 0. The number of benzene rings is 1. The number of aliphatic hydroxyl groups excluding tert-OH is 1. The number of nitrogens with one attached hydrogen (secondary N) is 2. The monoisotopic (exact) mass is 331 g/mol. The minimum atomic E-state index is -0.296. The summed E-state index contributed by atoms with van der Waals surface area (Å²) in [5.74, 6) is 0.833. The molecule has 1 heterocycles. The second-order valence-corrected chi connectivity index (χ2v) is 5.88. The fraction of sp³-hybridized carbons (Fsp3) is 0.444. The van der Waals surface area contributed by atoms with Gasteiger partial charge in [0, 0.05) is 12.1 Å². The molecule has 0 spiro atoms. The van der Waals surface area contributed by atoms with Gasteiger partial charge in [0.2, 0.25) is 0 Å². The predicted molar refractivity (Wildman–Crippen MR) is 91.9 cm³/mol. The standard InChI is InChI=1S/C18H25N3O3/c1-13-17(14(2)24-21-13)9-6-10-19-18(23)20-16(12-22)11-15-7-4-3-5-8-15/h3-5,7-8,16,22H,6,9-12H2,1-2H3,(H2,19,20,23). The van der Waals surface area contributed by atoms with Crippen LogP contribution in [-0.4, -0.2) is 35.5 Å². The van der Waals surface area contributed by atoms with E-state index in [0.29, 0.717) is 13.0 Å². The van der Waals surface area contributed by atoms with Crippen LogP contribution in [0.1, 0.15) is 29.0 Å². The molecule has 0 saturated heterocycles. The Labute approximate surface area is 142 Å². The van der Waals surface area contributed by atoms with Crippen LogP contribution in [0.5, 0.6) is 0 Å². The van der Waals surface area contributed by atoms with E-state index in [9.17, 15) is 9.90 Å². The minimum absolute atomic E-state index is 0.0958. The summed E-state index contributed by atoms with van der Waals surface area (Å²) in [7, 11) is 0. The Bertz CT molecular complexity index is 621. The largest absolute Gasteiger partial charge is 0.394 e. The van der Waals surface area contributed by atoms with Crippen molar-refractivity contribution in [2.24, 2.45) is 0 Å². The summed E-state index contributed by atoms with van der Waals surface area (Å²) in [5.41, 5.74) is 3.09. The van der Waals surface area contributed by atoms with Crippen LogP contribution in [0.4, 0.5) is 4.79 Å². The number of carbonyl (C=O) groups is 1. The molecule has 0 saturated carbocycles. The number of nitrogens with zero attached hydrogens (tertiary/aromatic N) is 1. The third-order valence-corrected chi connectivity index (χ3v) is 3.95. The molecule has 24 heavy (non-hydrogen) atoms. The zero-order chi connectivity index (χ0) is 17.4. The average Bonchev–Trinajstić information content (AvgIpc) is 2.90. The molecule has 1 unspecified atom stereocenters. The number of urea groups is 1. The molecule has 1 atom stereocenters. The van der Waals surface area contributed by atoms with Crippen LogP contribution < -0.4 is 10.6 Å². The maximum Gasteiger partial charge on any atom is 0.315 e. The number of hydrogen-bond acceptors (Lipinski definition) is 4. The molecule has 2 aromatic rings. The lowest BCUT2D eigenvalue weighted by Crippen LogP contribution is -2.45. The lowest BCUT2D eigenvalue weighted by molar-refractivity contribution is 0.216. The van der Waals surface area contributed by atoms with E-state index in [1.807, 2.05) is 44.2 Å². The van der Waals surface area contributed by atoms with Crippen LogP contribution in [0.25, 0.3) is 0 Å². The third-order valence-electron chi connectivity index (χ3n) is 3.95. The van der Waals surface area contributed by atoms with Crippen molar-refractivity contribution in [1.82, 2.24) is 15.8 Å². The van der Waals surface area contributed by atoms with Crippen LogP contribution in [0.3, 0.4) is 0 Å². The molecule has 2 rings (SSSR count). The van der Waals surface area contributed by atoms with Gasteiger partial charge in [0.05, 0.1) is 18.3 Å². The first-order chi connectivity index (χ1) is 11.6. The Morgan fingerprint density at radius 3 is 2.67 bits per heavy atom. The molecule has 1 aromatic heterocycles. The Hall–Kier alpha value is -2.34. The van der Waals surface area contributed by atoms with Gasteiger partial charge in [0.15, 0.2) is 0 Å². The van der Waals surface area contributed by atoms with Gasteiger partial charge in [-0.25, -0.2) is 4.79 Å². The lowest BCUT2D eigenvalue weighted by Gasteiger charge is -2.17. The molecule has 0 radical (unpaired) electrons. The fourth-order valence-corrected chi connectivity index (χ4v) is 2.62. The van der Waals surface area contributed by atoms with E-state index in [0.717, 1.165) is 35.4 Å². The molecular formula is C18H25N3O3. The van der Waals surface area contributed by atoms with Gasteiger partial charge < -0.3 is 20.3 Å².